The Morgan fingerprint density at radius 3 is 2.55 bits per heavy atom. The molecule has 0 atom stereocenters. The maximum Gasteiger partial charge on any atom is 0.257 e. The van der Waals surface area contributed by atoms with Gasteiger partial charge < -0.3 is 20.5 Å². The fraction of sp³-hybridized carbons (Fsp3) is 0.533. The molecule has 0 saturated carbocycles. The Morgan fingerprint density at radius 1 is 1.40 bits per heavy atom. The number of nitrogen functional groups attached to an aromatic ring is 1. The summed E-state index contributed by atoms with van der Waals surface area (Å²) in [5, 5.41) is 9.89. The van der Waals surface area contributed by atoms with Crippen molar-refractivity contribution in [3.63, 3.8) is 0 Å². The summed E-state index contributed by atoms with van der Waals surface area (Å²) in [7, 11) is 0. The first kappa shape index (κ1) is 16.3. The first-order valence-corrected chi connectivity index (χ1v) is 6.83. The number of carbonyl (C=O) groups is 1. The Balaban J connectivity index is 3.09. The molecule has 0 unspecified atom stereocenters. The highest BCUT2D eigenvalue weighted by molar-refractivity contribution is 5.98. The van der Waals surface area contributed by atoms with Gasteiger partial charge in [0.05, 0.1) is 23.5 Å². The Morgan fingerprint density at radius 2 is 2.05 bits per heavy atom. The number of nitrogens with two attached hydrogens (primary N) is 1. The molecular weight excluding hydrogens is 256 g/mol. The summed E-state index contributed by atoms with van der Waals surface area (Å²) in [5.74, 6) is 0.222. The van der Waals surface area contributed by atoms with Gasteiger partial charge in [-0.2, -0.15) is 0 Å². The normalized spacial score (nSPS) is 11.2. The van der Waals surface area contributed by atoms with E-state index in [0.29, 0.717) is 30.2 Å². The third-order valence-electron chi connectivity index (χ3n) is 2.81. The largest absolute Gasteiger partial charge is 0.491 e. The summed E-state index contributed by atoms with van der Waals surface area (Å²) in [6, 6.07) is 5.12. The molecule has 0 aliphatic carbocycles. The van der Waals surface area contributed by atoms with E-state index in [1.54, 1.807) is 36.9 Å². The number of nitrogens with zero attached hydrogens (tertiary/aromatic N) is 1. The van der Waals surface area contributed by atoms with Gasteiger partial charge >= 0.3 is 0 Å². The standard InChI is InChI=1S/C15H24N2O3/c1-5-17(10-15(3,4)19)14(18)11-8-7-9-12(16)13(11)20-6-2/h7-9,19H,5-6,10,16H2,1-4H3. The van der Waals surface area contributed by atoms with Crippen LogP contribution in [0, 0.1) is 0 Å². The van der Waals surface area contributed by atoms with Crippen LogP contribution in [-0.2, 0) is 0 Å². The number of benzene rings is 1. The molecule has 1 aromatic carbocycles. The molecule has 1 aromatic rings. The van der Waals surface area contributed by atoms with E-state index in [9.17, 15) is 9.90 Å². The summed E-state index contributed by atoms with van der Waals surface area (Å²) >= 11 is 0. The predicted molar refractivity (Wildman–Crippen MR) is 79.9 cm³/mol. The molecule has 5 nitrogen and oxygen atoms in total. The van der Waals surface area contributed by atoms with E-state index in [4.69, 9.17) is 10.5 Å². The van der Waals surface area contributed by atoms with Crippen LogP contribution < -0.4 is 10.5 Å². The second-order valence-corrected chi connectivity index (χ2v) is 5.29. The van der Waals surface area contributed by atoms with E-state index in [-0.39, 0.29) is 12.5 Å². The van der Waals surface area contributed by atoms with Crippen molar-refractivity contribution in [1.82, 2.24) is 4.90 Å². The van der Waals surface area contributed by atoms with Gasteiger partial charge in [0.25, 0.3) is 5.91 Å². The van der Waals surface area contributed by atoms with Gasteiger partial charge in [-0.15, -0.1) is 0 Å². The lowest BCUT2D eigenvalue weighted by Gasteiger charge is -2.28. The number of ether oxygens (including phenoxy) is 1. The summed E-state index contributed by atoms with van der Waals surface area (Å²) in [6.07, 6.45) is 0. The fourth-order valence-corrected chi connectivity index (χ4v) is 1.99. The molecule has 0 aliphatic heterocycles. The number of hydrogen-bond donors (Lipinski definition) is 2. The summed E-state index contributed by atoms with van der Waals surface area (Å²) < 4.78 is 5.48. The molecule has 20 heavy (non-hydrogen) atoms. The van der Waals surface area contributed by atoms with Crippen LogP contribution in [0.1, 0.15) is 38.1 Å². The fourth-order valence-electron chi connectivity index (χ4n) is 1.99. The Labute approximate surface area is 120 Å². The second-order valence-electron chi connectivity index (χ2n) is 5.29. The zero-order valence-electron chi connectivity index (χ0n) is 12.6. The minimum absolute atomic E-state index is 0.189. The zero-order chi connectivity index (χ0) is 15.3. The lowest BCUT2D eigenvalue weighted by Crippen LogP contribution is -2.42. The average Bonchev–Trinajstić information content (AvgIpc) is 2.36. The number of anilines is 1. The maximum absolute atomic E-state index is 12.6. The van der Waals surface area contributed by atoms with Gasteiger partial charge in [0.2, 0.25) is 0 Å². The van der Waals surface area contributed by atoms with Crippen molar-refractivity contribution in [2.45, 2.75) is 33.3 Å². The third-order valence-corrected chi connectivity index (χ3v) is 2.81. The molecule has 0 aliphatic rings. The van der Waals surface area contributed by atoms with E-state index in [1.807, 2.05) is 13.8 Å². The van der Waals surface area contributed by atoms with Gasteiger partial charge in [0.15, 0.2) is 5.75 Å². The van der Waals surface area contributed by atoms with Crippen molar-refractivity contribution in [2.75, 3.05) is 25.4 Å². The van der Waals surface area contributed by atoms with Crippen LogP contribution >= 0.6 is 0 Å². The van der Waals surface area contributed by atoms with Crippen LogP contribution in [0.25, 0.3) is 0 Å². The Hall–Kier alpha value is -1.75. The molecule has 1 rings (SSSR count). The van der Waals surface area contributed by atoms with E-state index in [1.165, 1.54) is 0 Å². The molecular formula is C15H24N2O3. The van der Waals surface area contributed by atoms with Crippen molar-refractivity contribution in [2.24, 2.45) is 0 Å². The first-order valence-electron chi connectivity index (χ1n) is 6.83. The SMILES string of the molecule is CCOc1c(N)cccc1C(=O)N(CC)CC(C)(C)O. The van der Waals surface area contributed by atoms with Crippen molar-refractivity contribution < 1.29 is 14.6 Å². The maximum atomic E-state index is 12.6. The van der Waals surface area contributed by atoms with Crippen molar-refractivity contribution in [3.8, 4) is 5.75 Å². The highest BCUT2D eigenvalue weighted by Crippen LogP contribution is 2.27. The summed E-state index contributed by atoms with van der Waals surface area (Å²) in [6.45, 7) is 8.25. The van der Waals surface area contributed by atoms with E-state index in [2.05, 4.69) is 0 Å². The van der Waals surface area contributed by atoms with Gasteiger partial charge in [-0.1, -0.05) is 6.07 Å². The van der Waals surface area contributed by atoms with Crippen molar-refractivity contribution >= 4 is 11.6 Å². The summed E-state index contributed by atoms with van der Waals surface area (Å²) in [5.41, 5.74) is 5.79. The van der Waals surface area contributed by atoms with E-state index >= 15 is 0 Å². The van der Waals surface area contributed by atoms with Gasteiger partial charge in [-0.05, 0) is 39.8 Å². The minimum atomic E-state index is -0.947. The molecule has 0 heterocycles. The molecule has 0 aromatic heterocycles. The molecule has 5 heteroatoms. The van der Waals surface area contributed by atoms with Crippen molar-refractivity contribution in [1.29, 1.82) is 0 Å². The van der Waals surface area contributed by atoms with Gasteiger partial charge in [-0.25, -0.2) is 0 Å². The lowest BCUT2D eigenvalue weighted by atomic mass is 10.1. The number of aliphatic hydroxyl groups is 1. The van der Waals surface area contributed by atoms with Gasteiger partial charge in [-0.3, -0.25) is 4.79 Å². The zero-order valence-corrected chi connectivity index (χ0v) is 12.6. The van der Waals surface area contributed by atoms with E-state index < -0.39 is 5.60 Å². The number of carbonyl (C=O) groups excluding carboxylic acids is 1. The number of likely N-dealkylation sites (N-methyl/N-ethyl adjacent to an activating group) is 1. The third kappa shape index (κ3) is 4.13. The highest BCUT2D eigenvalue weighted by atomic mass is 16.5. The lowest BCUT2D eigenvalue weighted by molar-refractivity contribution is 0.0312. The number of amides is 1. The Bertz CT molecular complexity index is 467. The molecule has 3 N–H and O–H groups in total. The quantitative estimate of drug-likeness (QED) is 0.780. The van der Waals surface area contributed by atoms with Crippen LogP contribution in [0.3, 0.4) is 0 Å². The van der Waals surface area contributed by atoms with Gasteiger partial charge in [0.1, 0.15) is 0 Å². The van der Waals surface area contributed by atoms with E-state index in [0.717, 1.165) is 0 Å². The van der Waals surface area contributed by atoms with Crippen LogP contribution in [0.4, 0.5) is 5.69 Å². The smallest absolute Gasteiger partial charge is 0.257 e. The Kier molecular flexibility index (Phi) is 5.39. The molecule has 112 valence electrons. The van der Waals surface area contributed by atoms with Crippen LogP contribution in [-0.4, -0.2) is 41.2 Å². The molecule has 0 saturated heterocycles. The molecule has 1 amide bonds. The average molecular weight is 280 g/mol. The van der Waals surface area contributed by atoms with Crippen molar-refractivity contribution in [3.05, 3.63) is 23.8 Å². The van der Waals surface area contributed by atoms with Crippen LogP contribution in [0.2, 0.25) is 0 Å². The number of para-hydroxylation sites is 1. The molecule has 0 radical (unpaired) electrons. The monoisotopic (exact) mass is 280 g/mol. The predicted octanol–water partition coefficient (Wildman–Crippen LogP) is 1.90. The topological polar surface area (TPSA) is 75.8 Å². The summed E-state index contributed by atoms with van der Waals surface area (Å²) in [4.78, 5) is 14.2. The van der Waals surface area contributed by atoms with Crippen LogP contribution in [0.15, 0.2) is 18.2 Å². The second kappa shape index (κ2) is 6.61. The first-order chi connectivity index (χ1) is 9.30. The molecule has 0 fully saturated rings. The number of hydrogen-bond acceptors (Lipinski definition) is 4. The minimum Gasteiger partial charge on any atom is -0.491 e. The molecule has 0 bridgehead atoms. The highest BCUT2D eigenvalue weighted by Gasteiger charge is 2.25. The van der Waals surface area contributed by atoms with Crippen LogP contribution in [0.5, 0.6) is 5.75 Å². The molecule has 0 spiro atoms. The van der Waals surface area contributed by atoms with Gasteiger partial charge in [0, 0.05) is 13.1 Å². The number of rotatable bonds is 6.